The minimum Gasteiger partial charge on any atom is -0.489 e. The lowest BCUT2D eigenvalue weighted by atomic mass is 10.1. The summed E-state index contributed by atoms with van der Waals surface area (Å²) in [5, 5.41) is 2.82. The third kappa shape index (κ3) is 4.68. The monoisotopic (exact) mass is 332 g/mol. The molecule has 3 aromatic rings. The number of carbonyl (C=O) groups is 1. The highest BCUT2D eigenvalue weighted by Crippen LogP contribution is 2.19. The largest absolute Gasteiger partial charge is 0.489 e. The van der Waals surface area contributed by atoms with E-state index >= 15 is 0 Å². The standard InChI is InChI=1S/C21H20N2O2/c22-20(17-9-5-2-6-10-17)21(24)23-18-11-13-19(14-12-18)25-15-16-7-3-1-4-8-16/h1-14,20H,15,22H2,(H,23,24)/t20-/m0/s1. The highest BCUT2D eigenvalue weighted by atomic mass is 16.5. The maximum absolute atomic E-state index is 12.2. The molecule has 1 atom stereocenters. The smallest absolute Gasteiger partial charge is 0.245 e. The zero-order valence-corrected chi connectivity index (χ0v) is 13.8. The van der Waals surface area contributed by atoms with Gasteiger partial charge >= 0.3 is 0 Å². The fourth-order valence-corrected chi connectivity index (χ4v) is 2.41. The van der Waals surface area contributed by atoms with Crippen molar-refractivity contribution < 1.29 is 9.53 Å². The van der Waals surface area contributed by atoms with Crippen LogP contribution in [0.2, 0.25) is 0 Å². The Balaban J connectivity index is 1.56. The molecule has 25 heavy (non-hydrogen) atoms. The molecule has 3 aromatic carbocycles. The number of benzene rings is 3. The highest BCUT2D eigenvalue weighted by molar-refractivity contribution is 5.95. The minimum atomic E-state index is -0.699. The molecular weight excluding hydrogens is 312 g/mol. The van der Waals surface area contributed by atoms with Crippen LogP contribution >= 0.6 is 0 Å². The van der Waals surface area contributed by atoms with E-state index in [1.54, 1.807) is 12.1 Å². The fourth-order valence-electron chi connectivity index (χ4n) is 2.41. The van der Waals surface area contributed by atoms with Gasteiger partial charge in [-0.15, -0.1) is 0 Å². The summed E-state index contributed by atoms with van der Waals surface area (Å²) >= 11 is 0. The van der Waals surface area contributed by atoms with Gasteiger partial charge in [0.15, 0.2) is 0 Å². The van der Waals surface area contributed by atoms with Crippen molar-refractivity contribution in [3.05, 3.63) is 96.1 Å². The van der Waals surface area contributed by atoms with E-state index in [0.29, 0.717) is 12.3 Å². The summed E-state index contributed by atoms with van der Waals surface area (Å²) in [5.74, 6) is 0.498. The predicted octanol–water partition coefficient (Wildman–Crippen LogP) is 3.90. The third-order valence-electron chi connectivity index (χ3n) is 3.81. The van der Waals surface area contributed by atoms with E-state index in [1.807, 2.05) is 72.8 Å². The van der Waals surface area contributed by atoms with E-state index in [2.05, 4.69) is 5.32 Å². The van der Waals surface area contributed by atoms with Crippen LogP contribution in [0.15, 0.2) is 84.9 Å². The first kappa shape index (κ1) is 16.7. The van der Waals surface area contributed by atoms with Crippen molar-refractivity contribution in [2.24, 2.45) is 5.73 Å². The van der Waals surface area contributed by atoms with Crippen LogP contribution in [0.3, 0.4) is 0 Å². The summed E-state index contributed by atoms with van der Waals surface area (Å²) in [4.78, 5) is 12.2. The maximum Gasteiger partial charge on any atom is 0.245 e. The molecule has 4 nitrogen and oxygen atoms in total. The Bertz CT molecular complexity index is 802. The predicted molar refractivity (Wildman–Crippen MR) is 99.2 cm³/mol. The van der Waals surface area contributed by atoms with Crippen LogP contribution in [-0.4, -0.2) is 5.91 Å². The van der Waals surface area contributed by atoms with Gasteiger partial charge in [0.05, 0.1) is 0 Å². The molecule has 0 unspecified atom stereocenters. The third-order valence-corrected chi connectivity index (χ3v) is 3.81. The maximum atomic E-state index is 12.2. The molecule has 1 amide bonds. The quantitative estimate of drug-likeness (QED) is 0.719. The number of nitrogens with one attached hydrogen (secondary N) is 1. The van der Waals surface area contributed by atoms with Gasteiger partial charge < -0.3 is 15.8 Å². The molecule has 0 fully saturated rings. The summed E-state index contributed by atoms with van der Waals surface area (Å²) in [5.41, 5.74) is 8.56. The normalized spacial score (nSPS) is 11.6. The van der Waals surface area contributed by atoms with Gasteiger partial charge in [0.1, 0.15) is 18.4 Å². The molecule has 0 aliphatic carbocycles. The average molecular weight is 332 g/mol. The zero-order valence-electron chi connectivity index (χ0n) is 13.8. The number of amides is 1. The Morgan fingerprint density at radius 1 is 0.880 bits per heavy atom. The molecule has 0 bridgehead atoms. The fraction of sp³-hybridized carbons (Fsp3) is 0.0952. The molecule has 3 rings (SSSR count). The number of nitrogens with two attached hydrogens (primary N) is 1. The van der Waals surface area contributed by atoms with Crippen LogP contribution in [0.5, 0.6) is 5.75 Å². The van der Waals surface area contributed by atoms with Gasteiger partial charge in [-0.1, -0.05) is 60.7 Å². The van der Waals surface area contributed by atoms with Crippen molar-refractivity contribution in [1.82, 2.24) is 0 Å². The van der Waals surface area contributed by atoms with Crippen molar-refractivity contribution in [3.8, 4) is 5.75 Å². The van der Waals surface area contributed by atoms with Crippen LogP contribution in [0, 0.1) is 0 Å². The molecule has 0 radical (unpaired) electrons. The van der Waals surface area contributed by atoms with E-state index in [-0.39, 0.29) is 5.91 Å². The van der Waals surface area contributed by atoms with Crippen molar-refractivity contribution in [2.45, 2.75) is 12.6 Å². The Labute approximate surface area is 147 Å². The average Bonchev–Trinajstić information content (AvgIpc) is 2.68. The Kier molecular flexibility index (Phi) is 5.44. The first-order valence-electron chi connectivity index (χ1n) is 8.10. The second kappa shape index (κ2) is 8.13. The molecule has 3 N–H and O–H groups in total. The number of hydrogen-bond donors (Lipinski definition) is 2. The van der Waals surface area contributed by atoms with Gasteiger partial charge in [-0.3, -0.25) is 4.79 Å². The lowest BCUT2D eigenvalue weighted by Gasteiger charge is -2.13. The summed E-state index contributed by atoms with van der Waals surface area (Å²) in [7, 11) is 0. The highest BCUT2D eigenvalue weighted by Gasteiger charge is 2.15. The topological polar surface area (TPSA) is 64.4 Å². The van der Waals surface area contributed by atoms with E-state index in [1.165, 1.54) is 0 Å². The summed E-state index contributed by atoms with van der Waals surface area (Å²) < 4.78 is 5.73. The number of hydrogen-bond acceptors (Lipinski definition) is 3. The van der Waals surface area contributed by atoms with Crippen molar-refractivity contribution in [1.29, 1.82) is 0 Å². The van der Waals surface area contributed by atoms with E-state index in [9.17, 15) is 4.79 Å². The first-order chi connectivity index (χ1) is 12.2. The SMILES string of the molecule is N[C@H](C(=O)Nc1ccc(OCc2ccccc2)cc1)c1ccccc1. The molecule has 0 aliphatic heterocycles. The summed E-state index contributed by atoms with van der Waals surface area (Å²) in [6.45, 7) is 0.505. The molecule has 0 saturated carbocycles. The Morgan fingerprint density at radius 3 is 2.12 bits per heavy atom. The summed E-state index contributed by atoms with van der Waals surface area (Å²) in [6, 6.07) is 25.8. The van der Waals surface area contributed by atoms with Gasteiger partial charge in [-0.2, -0.15) is 0 Å². The first-order valence-corrected chi connectivity index (χ1v) is 8.10. The van der Waals surface area contributed by atoms with E-state index in [0.717, 1.165) is 16.9 Å². The van der Waals surface area contributed by atoms with Crippen LogP contribution in [-0.2, 0) is 11.4 Å². The van der Waals surface area contributed by atoms with Gasteiger partial charge in [0, 0.05) is 5.69 Å². The molecule has 0 spiro atoms. The number of carbonyl (C=O) groups excluding carboxylic acids is 1. The number of rotatable bonds is 6. The molecule has 126 valence electrons. The number of ether oxygens (including phenoxy) is 1. The zero-order chi connectivity index (χ0) is 17.5. The Hall–Kier alpha value is -3.11. The molecule has 0 saturated heterocycles. The molecule has 4 heteroatoms. The molecule has 0 aliphatic rings. The lowest BCUT2D eigenvalue weighted by Crippen LogP contribution is -2.27. The molecule has 0 aromatic heterocycles. The molecular formula is C21H20N2O2. The number of anilines is 1. The molecule has 0 heterocycles. The minimum absolute atomic E-state index is 0.246. The van der Waals surface area contributed by atoms with Crippen LogP contribution < -0.4 is 15.8 Å². The van der Waals surface area contributed by atoms with E-state index in [4.69, 9.17) is 10.5 Å². The van der Waals surface area contributed by atoms with Crippen LogP contribution in [0.1, 0.15) is 17.2 Å². The van der Waals surface area contributed by atoms with Crippen LogP contribution in [0.25, 0.3) is 0 Å². The van der Waals surface area contributed by atoms with Gasteiger partial charge in [-0.05, 0) is 35.4 Å². The van der Waals surface area contributed by atoms with Crippen molar-refractivity contribution >= 4 is 11.6 Å². The Morgan fingerprint density at radius 2 is 1.48 bits per heavy atom. The lowest BCUT2D eigenvalue weighted by molar-refractivity contribution is -0.117. The second-order valence-corrected chi connectivity index (χ2v) is 5.68. The van der Waals surface area contributed by atoms with E-state index < -0.39 is 6.04 Å². The van der Waals surface area contributed by atoms with Gasteiger partial charge in [-0.25, -0.2) is 0 Å². The van der Waals surface area contributed by atoms with Crippen molar-refractivity contribution in [2.75, 3.05) is 5.32 Å². The second-order valence-electron chi connectivity index (χ2n) is 5.68. The van der Waals surface area contributed by atoms with Crippen LogP contribution in [0.4, 0.5) is 5.69 Å². The van der Waals surface area contributed by atoms with Crippen molar-refractivity contribution in [3.63, 3.8) is 0 Å². The van der Waals surface area contributed by atoms with Gasteiger partial charge in [0.2, 0.25) is 5.91 Å². The van der Waals surface area contributed by atoms with Gasteiger partial charge in [0.25, 0.3) is 0 Å². The summed E-state index contributed by atoms with van der Waals surface area (Å²) in [6.07, 6.45) is 0.